The molecule has 1 N–H and O–H groups in total. The molecule has 0 saturated carbocycles. The predicted octanol–water partition coefficient (Wildman–Crippen LogP) is 2.40. The number of pyridine rings is 1. The van der Waals surface area contributed by atoms with Gasteiger partial charge in [-0.1, -0.05) is 6.92 Å². The van der Waals surface area contributed by atoms with Crippen LogP contribution in [0.4, 0.5) is 0 Å². The third kappa shape index (κ3) is 5.05. The molecule has 90 valence electrons. The molecule has 16 heavy (non-hydrogen) atoms. The number of nitrogens with one attached hydrogen (secondary N) is 1. The van der Waals surface area contributed by atoms with E-state index in [2.05, 4.69) is 39.2 Å². The Balaban J connectivity index is 2.52. The lowest BCUT2D eigenvalue weighted by atomic mass is 10.1. The Morgan fingerprint density at radius 3 is 2.94 bits per heavy atom. The van der Waals surface area contributed by atoms with Gasteiger partial charge in [0.25, 0.3) is 0 Å². The average Bonchev–Trinajstić information content (AvgIpc) is 2.26. The van der Waals surface area contributed by atoms with Gasteiger partial charge in [-0.15, -0.1) is 0 Å². The monoisotopic (exact) mass is 286 g/mol. The van der Waals surface area contributed by atoms with E-state index in [1.165, 1.54) is 5.56 Å². The molecule has 1 aromatic rings. The van der Waals surface area contributed by atoms with E-state index in [-0.39, 0.29) is 0 Å². The average molecular weight is 287 g/mol. The molecule has 0 saturated heterocycles. The van der Waals surface area contributed by atoms with E-state index in [1.54, 1.807) is 13.3 Å². The zero-order valence-electron chi connectivity index (χ0n) is 9.87. The van der Waals surface area contributed by atoms with Crippen molar-refractivity contribution in [2.75, 3.05) is 20.3 Å². The molecule has 1 aromatic heterocycles. The molecule has 0 aromatic carbocycles. The molecule has 0 fully saturated rings. The van der Waals surface area contributed by atoms with Gasteiger partial charge in [0.1, 0.15) is 0 Å². The number of aromatic nitrogens is 1. The van der Waals surface area contributed by atoms with Crippen LogP contribution in [0.1, 0.15) is 18.9 Å². The number of rotatable bonds is 7. The van der Waals surface area contributed by atoms with Gasteiger partial charge in [0, 0.05) is 36.6 Å². The van der Waals surface area contributed by atoms with Crippen LogP contribution in [0.25, 0.3) is 0 Å². The summed E-state index contributed by atoms with van der Waals surface area (Å²) >= 11 is 3.44. The second-order valence-electron chi connectivity index (χ2n) is 3.75. The van der Waals surface area contributed by atoms with Gasteiger partial charge in [-0.25, -0.2) is 0 Å². The molecular weight excluding hydrogens is 268 g/mol. The van der Waals surface area contributed by atoms with E-state index < -0.39 is 0 Å². The van der Waals surface area contributed by atoms with Crippen molar-refractivity contribution in [3.63, 3.8) is 0 Å². The summed E-state index contributed by atoms with van der Waals surface area (Å²) in [4.78, 5) is 4.17. The van der Waals surface area contributed by atoms with Crippen molar-refractivity contribution in [2.24, 2.45) is 0 Å². The number of methoxy groups -OCH3 is 1. The second-order valence-corrected chi connectivity index (χ2v) is 4.67. The molecule has 0 aliphatic heterocycles. The van der Waals surface area contributed by atoms with Crippen molar-refractivity contribution < 1.29 is 4.74 Å². The second kappa shape index (κ2) is 7.76. The van der Waals surface area contributed by atoms with Crippen LogP contribution < -0.4 is 5.32 Å². The highest BCUT2D eigenvalue weighted by molar-refractivity contribution is 9.10. The molecule has 0 bridgehead atoms. The van der Waals surface area contributed by atoms with E-state index in [1.807, 2.05) is 6.20 Å². The van der Waals surface area contributed by atoms with Gasteiger partial charge in [0.15, 0.2) is 0 Å². The molecule has 0 spiro atoms. The first-order valence-electron chi connectivity index (χ1n) is 5.58. The summed E-state index contributed by atoms with van der Waals surface area (Å²) in [7, 11) is 1.74. The fraction of sp³-hybridized carbons (Fsp3) is 0.583. The highest BCUT2D eigenvalue weighted by atomic mass is 79.9. The number of hydrogen-bond acceptors (Lipinski definition) is 3. The van der Waals surface area contributed by atoms with Gasteiger partial charge in [0.05, 0.1) is 0 Å². The smallest absolute Gasteiger partial charge is 0.0477 e. The van der Waals surface area contributed by atoms with Gasteiger partial charge < -0.3 is 10.1 Å². The Kier molecular flexibility index (Phi) is 6.61. The Morgan fingerprint density at radius 2 is 2.31 bits per heavy atom. The van der Waals surface area contributed by atoms with E-state index in [0.29, 0.717) is 6.04 Å². The van der Waals surface area contributed by atoms with Crippen LogP contribution in [0.15, 0.2) is 22.9 Å². The number of nitrogens with zero attached hydrogens (tertiary/aromatic N) is 1. The van der Waals surface area contributed by atoms with Gasteiger partial charge in [-0.3, -0.25) is 4.98 Å². The summed E-state index contributed by atoms with van der Waals surface area (Å²) in [6.07, 6.45) is 5.74. The van der Waals surface area contributed by atoms with Crippen molar-refractivity contribution >= 4 is 15.9 Å². The van der Waals surface area contributed by atoms with Gasteiger partial charge in [0.2, 0.25) is 0 Å². The third-order valence-electron chi connectivity index (χ3n) is 2.41. The molecule has 4 heteroatoms. The quantitative estimate of drug-likeness (QED) is 0.836. The number of hydrogen-bond donors (Lipinski definition) is 1. The van der Waals surface area contributed by atoms with E-state index >= 15 is 0 Å². The minimum Gasteiger partial charge on any atom is -0.385 e. The largest absolute Gasteiger partial charge is 0.385 e. The number of likely N-dealkylation sites (N-methyl/N-ethyl adjacent to an activating group) is 1. The summed E-state index contributed by atoms with van der Waals surface area (Å²) in [5.41, 5.74) is 1.25. The summed E-state index contributed by atoms with van der Waals surface area (Å²) in [6.45, 7) is 3.90. The predicted molar refractivity (Wildman–Crippen MR) is 69.6 cm³/mol. The van der Waals surface area contributed by atoms with Crippen molar-refractivity contribution in [3.05, 3.63) is 28.5 Å². The van der Waals surface area contributed by atoms with Crippen molar-refractivity contribution in [3.8, 4) is 0 Å². The normalized spacial score (nSPS) is 12.7. The van der Waals surface area contributed by atoms with Crippen LogP contribution >= 0.6 is 15.9 Å². The fourth-order valence-corrected chi connectivity index (χ4v) is 2.09. The van der Waals surface area contributed by atoms with Crippen LogP contribution in [-0.2, 0) is 11.2 Å². The number of ether oxygens (including phenoxy) is 1. The summed E-state index contributed by atoms with van der Waals surface area (Å²) in [5, 5.41) is 3.46. The molecular formula is C12H19BrN2O. The zero-order valence-corrected chi connectivity index (χ0v) is 11.5. The topological polar surface area (TPSA) is 34.1 Å². The lowest BCUT2D eigenvalue weighted by Gasteiger charge is -2.17. The molecule has 0 radical (unpaired) electrons. The van der Waals surface area contributed by atoms with Crippen molar-refractivity contribution in [1.29, 1.82) is 0 Å². The molecule has 1 rings (SSSR count). The Morgan fingerprint density at radius 1 is 1.50 bits per heavy atom. The molecule has 0 amide bonds. The van der Waals surface area contributed by atoms with Crippen LogP contribution in [0, 0.1) is 0 Å². The Labute approximate surface area is 106 Å². The highest BCUT2D eigenvalue weighted by Gasteiger charge is 2.08. The van der Waals surface area contributed by atoms with Crippen LogP contribution in [-0.4, -0.2) is 31.3 Å². The zero-order chi connectivity index (χ0) is 11.8. The molecule has 1 atom stereocenters. The maximum Gasteiger partial charge on any atom is 0.0477 e. The first-order valence-corrected chi connectivity index (χ1v) is 6.37. The van der Waals surface area contributed by atoms with Crippen molar-refractivity contribution in [1.82, 2.24) is 10.3 Å². The minimum atomic E-state index is 0.459. The van der Waals surface area contributed by atoms with Crippen LogP contribution in [0.5, 0.6) is 0 Å². The maximum atomic E-state index is 5.12. The van der Waals surface area contributed by atoms with Crippen LogP contribution in [0.3, 0.4) is 0 Å². The molecule has 3 nitrogen and oxygen atoms in total. The third-order valence-corrected chi connectivity index (χ3v) is 2.84. The van der Waals surface area contributed by atoms with Gasteiger partial charge >= 0.3 is 0 Å². The van der Waals surface area contributed by atoms with Crippen molar-refractivity contribution in [2.45, 2.75) is 25.8 Å². The fourth-order valence-electron chi connectivity index (χ4n) is 1.68. The molecule has 0 aliphatic carbocycles. The SMILES string of the molecule is CCNC(CCOC)Cc1cncc(Br)c1. The maximum absolute atomic E-state index is 5.12. The first kappa shape index (κ1) is 13.6. The van der Waals surface area contributed by atoms with Crippen LogP contribution in [0.2, 0.25) is 0 Å². The van der Waals surface area contributed by atoms with Gasteiger partial charge in [-0.05, 0) is 46.9 Å². The summed E-state index contributed by atoms with van der Waals surface area (Å²) in [6, 6.07) is 2.57. The highest BCUT2D eigenvalue weighted by Crippen LogP contribution is 2.12. The van der Waals surface area contributed by atoms with Gasteiger partial charge in [-0.2, -0.15) is 0 Å². The number of halogens is 1. The van der Waals surface area contributed by atoms with E-state index in [9.17, 15) is 0 Å². The molecule has 0 aliphatic rings. The lowest BCUT2D eigenvalue weighted by molar-refractivity contribution is 0.183. The standard InChI is InChI=1S/C12H19BrN2O/c1-3-15-12(4-5-16-2)7-10-6-11(13)9-14-8-10/h6,8-9,12,15H,3-5,7H2,1-2H3. The Hall–Kier alpha value is -0.450. The molecule has 1 unspecified atom stereocenters. The minimum absolute atomic E-state index is 0.459. The first-order chi connectivity index (χ1) is 7.76. The summed E-state index contributed by atoms with van der Waals surface area (Å²) in [5.74, 6) is 0. The van der Waals surface area contributed by atoms with E-state index in [4.69, 9.17) is 4.74 Å². The molecule has 1 heterocycles. The lowest BCUT2D eigenvalue weighted by Crippen LogP contribution is -2.32. The summed E-state index contributed by atoms with van der Waals surface area (Å²) < 4.78 is 6.15. The van der Waals surface area contributed by atoms with E-state index in [0.717, 1.165) is 30.5 Å². The Bertz CT molecular complexity index is 307.